The quantitative estimate of drug-likeness (QED) is 0.268. The summed E-state index contributed by atoms with van der Waals surface area (Å²) in [6.45, 7) is -0.905. The third-order valence-corrected chi connectivity index (χ3v) is 9.09. The van der Waals surface area contributed by atoms with E-state index in [1.54, 1.807) is 30.3 Å². The molecular weight excluding hydrogens is 615 g/mol. The van der Waals surface area contributed by atoms with Gasteiger partial charge >= 0.3 is 6.18 Å². The summed E-state index contributed by atoms with van der Waals surface area (Å²) in [7, 11) is -4.30. The van der Waals surface area contributed by atoms with Crippen LogP contribution in [0, 0.1) is 0 Å². The molecule has 12 heteroatoms. The molecular formula is C32H35ClF3N3O4S. The van der Waals surface area contributed by atoms with Gasteiger partial charge in [0.2, 0.25) is 21.8 Å². The average molecular weight is 650 g/mol. The average Bonchev–Trinajstić information content (AvgIpc) is 2.98. The van der Waals surface area contributed by atoms with Crippen LogP contribution in [-0.2, 0) is 38.8 Å². The summed E-state index contributed by atoms with van der Waals surface area (Å²) in [6, 6.07) is 19.2. The van der Waals surface area contributed by atoms with E-state index in [-0.39, 0.29) is 29.9 Å². The van der Waals surface area contributed by atoms with E-state index in [2.05, 4.69) is 5.32 Å². The maximum atomic E-state index is 14.2. The van der Waals surface area contributed by atoms with Crippen molar-refractivity contribution in [2.75, 3.05) is 17.1 Å². The number of benzene rings is 3. The number of carbonyl (C=O) groups is 2. The Bertz CT molecular complexity index is 1530. The van der Waals surface area contributed by atoms with Crippen LogP contribution in [-0.4, -0.2) is 50.0 Å². The van der Waals surface area contributed by atoms with Gasteiger partial charge in [-0.2, -0.15) is 13.2 Å². The topological polar surface area (TPSA) is 86.8 Å². The van der Waals surface area contributed by atoms with E-state index in [0.29, 0.717) is 15.9 Å². The SMILES string of the molecule is CS(=O)(=O)N(CC(=O)N(Cc1ccccc1)[C@H](Cc1ccccc1)C(=O)NC1CCCCC1)c1cc(C(F)(F)F)ccc1Cl. The molecule has 0 aliphatic heterocycles. The second kappa shape index (κ2) is 14.5. The molecule has 7 nitrogen and oxygen atoms in total. The molecule has 0 saturated heterocycles. The predicted molar refractivity (Wildman–Crippen MR) is 165 cm³/mol. The number of alkyl halides is 3. The van der Waals surface area contributed by atoms with Gasteiger partial charge in [0, 0.05) is 19.0 Å². The zero-order valence-electron chi connectivity index (χ0n) is 24.3. The summed E-state index contributed by atoms with van der Waals surface area (Å²) in [4.78, 5) is 29.4. The Morgan fingerprint density at radius 1 is 0.932 bits per heavy atom. The number of halogens is 4. The Kier molecular flexibility index (Phi) is 11.0. The monoisotopic (exact) mass is 649 g/mol. The Balaban J connectivity index is 1.75. The van der Waals surface area contributed by atoms with Gasteiger partial charge in [-0.05, 0) is 42.2 Å². The van der Waals surface area contributed by atoms with E-state index in [0.717, 1.165) is 56.1 Å². The zero-order valence-corrected chi connectivity index (χ0v) is 25.8. The molecule has 0 heterocycles. The Hall–Kier alpha value is -3.57. The Morgan fingerprint density at radius 3 is 2.09 bits per heavy atom. The van der Waals surface area contributed by atoms with Crippen LogP contribution in [0.2, 0.25) is 5.02 Å². The van der Waals surface area contributed by atoms with E-state index >= 15 is 0 Å². The minimum atomic E-state index is -4.77. The number of nitrogens with one attached hydrogen (secondary N) is 1. The van der Waals surface area contributed by atoms with E-state index in [9.17, 15) is 31.2 Å². The van der Waals surface area contributed by atoms with Crippen molar-refractivity contribution in [1.82, 2.24) is 10.2 Å². The molecule has 1 atom stereocenters. The highest BCUT2D eigenvalue weighted by atomic mass is 35.5. The Labute approximate surface area is 261 Å². The van der Waals surface area contributed by atoms with Gasteiger partial charge in [-0.1, -0.05) is 91.5 Å². The summed E-state index contributed by atoms with van der Waals surface area (Å²) in [6.07, 6.45) is 0.807. The summed E-state index contributed by atoms with van der Waals surface area (Å²) in [5.74, 6) is -1.15. The zero-order chi connectivity index (χ0) is 31.9. The van der Waals surface area contributed by atoms with Gasteiger partial charge in [0.15, 0.2) is 0 Å². The van der Waals surface area contributed by atoms with E-state index in [1.807, 2.05) is 30.3 Å². The molecule has 0 bridgehead atoms. The molecule has 1 fully saturated rings. The third kappa shape index (κ3) is 8.98. The molecule has 1 saturated carbocycles. The van der Waals surface area contributed by atoms with Gasteiger partial charge in [-0.3, -0.25) is 13.9 Å². The molecule has 0 radical (unpaired) electrons. The molecule has 0 spiro atoms. The number of amides is 2. The highest BCUT2D eigenvalue weighted by Crippen LogP contribution is 2.36. The van der Waals surface area contributed by atoms with Gasteiger partial charge in [0.1, 0.15) is 12.6 Å². The van der Waals surface area contributed by atoms with E-state index < -0.39 is 45.9 Å². The fourth-order valence-corrected chi connectivity index (χ4v) is 6.48. The van der Waals surface area contributed by atoms with Crippen molar-refractivity contribution in [2.45, 2.75) is 63.3 Å². The van der Waals surface area contributed by atoms with Crippen LogP contribution >= 0.6 is 11.6 Å². The molecule has 1 N–H and O–H groups in total. The van der Waals surface area contributed by atoms with Crippen molar-refractivity contribution in [2.24, 2.45) is 0 Å². The smallest absolute Gasteiger partial charge is 0.352 e. The van der Waals surface area contributed by atoms with Gasteiger partial charge in [-0.25, -0.2) is 8.42 Å². The van der Waals surface area contributed by atoms with Crippen molar-refractivity contribution in [3.8, 4) is 0 Å². The molecule has 0 aromatic heterocycles. The Morgan fingerprint density at radius 2 is 1.52 bits per heavy atom. The van der Waals surface area contributed by atoms with Crippen molar-refractivity contribution in [3.05, 3.63) is 101 Å². The standard InChI is InChI=1S/C32H35ClF3N3O4S/c1-44(42,43)39(28-20-25(32(34,35)36)17-18-27(28)33)22-30(40)38(21-24-13-7-3-8-14-24)29(19-23-11-5-2-6-12-23)31(41)37-26-15-9-4-10-16-26/h2-3,5-8,11-14,17-18,20,26,29H,4,9-10,15-16,19,21-22H2,1H3,(H,37,41)/t29-/m1/s1. The molecule has 4 rings (SSSR count). The number of hydrogen-bond acceptors (Lipinski definition) is 4. The lowest BCUT2D eigenvalue weighted by Crippen LogP contribution is -2.55. The lowest BCUT2D eigenvalue weighted by atomic mass is 9.94. The minimum absolute atomic E-state index is 0.0385. The molecule has 236 valence electrons. The van der Waals surface area contributed by atoms with Gasteiger partial charge in [0.25, 0.3) is 0 Å². The molecule has 3 aromatic carbocycles. The lowest BCUT2D eigenvalue weighted by Gasteiger charge is -2.35. The van der Waals surface area contributed by atoms with Crippen molar-refractivity contribution in [1.29, 1.82) is 0 Å². The molecule has 1 aliphatic carbocycles. The van der Waals surface area contributed by atoms with Gasteiger partial charge < -0.3 is 10.2 Å². The number of rotatable bonds is 11. The highest BCUT2D eigenvalue weighted by Gasteiger charge is 2.36. The third-order valence-electron chi connectivity index (χ3n) is 7.64. The van der Waals surface area contributed by atoms with Crippen LogP contribution < -0.4 is 9.62 Å². The highest BCUT2D eigenvalue weighted by molar-refractivity contribution is 7.92. The fourth-order valence-electron chi connectivity index (χ4n) is 5.35. The minimum Gasteiger partial charge on any atom is -0.352 e. The maximum Gasteiger partial charge on any atom is 0.416 e. The largest absolute Gasteiger partial charge is 0.416 e. The van der Waals surface area contributed by atoms with Crippen LogP contribution in [0.3, 0.4) is 0 Å². The van der Waals surface area contributed by atoms with Gasteiger partial charge in [-0.15, -0.1) is 0 Å². The number of anilines is 1. The summed E-state index contributed by atoms with van der Waals surface area (Å²) in [5, 5.41) is 2.82. The second-order valence-corrected chi connectivity index (χ2v) is 13.3. The van der Waals surface area contributed by atoms with Crippen LogP contribution in [0.15, 0.2) is 78.9 Å². The first-order chi connectivity index (χ1) is 20.8. The normalized spacial score (nSPS) is 14.9. The van der Waals surface area contributed by atoms with Crippen LogP contribution in [0.25, 0.3) is 0 Å². The maximum absolute atomic E-state index is 14.2. The first-order valence-electron chi connectivity index (χ1n) is 14.3. The van der Waals surface area contributed by atoms with Crippen molar-refractivity contribution >= 4 is 39.1 Å². The van der Waals surface area contributed by atoms with E-state index in [1.165, 1.54) is 4.90 Å². The molecule has 3 aromatic rings. The second-order valence-electron chi connectivity index (χ2n) is 11.0. The number of sulfonamides is 1. The van der Waals surface area contributed by atoms with Crippen molar-refractivity contribution in [3.63, 3.8) is 0 Å². The van der Waals surface area contributed by atoms with Gasteiger partial charge in [0.05, 0.1) is 22.5 Å². The molecule has 1 aliphatic rings. The molecule has 2 amide bonds. The van der Waals surface area contributed by atoms with Crippen LogP contribution in [0.1, 0.15) is 48.8 Å². The summed E-state index contributed by atoms with van der Waals surface area (Å²) >= 11 is 6.21. The first-order valence-corrected chi connectivity index (χ1v) is 16.6. The lowest BCUT2D eigenvalue weighted by molar-refractivity contribution is -0.140. The molecule has 44 heavy (non-hydrogen) atoms. The predicted octanol–water partition coefficient (Wildman–Crippen LogP) is 6.21. The fraction of sp³-hybridized carbons (Fsp3) is 0.375. The number of hydrogen-bond donors (Lipinski definition) is 1. The summed E-state index contributed by atoms with van der Waals surface area (Å²) in [5.41, 5.74) is -0.133. The number of nitrogens with zero attached hydrogens (tertiary/aromatic N) is 2. The first kappa shape index (κ1) is 33.3. The van der Waals surface area contributed by atoms with E-state index in [4.69, 9.17) is 11.6 Å². The van der Waals surface area contributed by atoms with Crippen molar-refractivity contribution < 1.29 is 31.2 Å². The van der Waals surface area contributed by atoms with Crippen LogP contribution in [0.5, 0.6) is 0 Å². The summed E-state index contributed by atoms with van der Waals surface area (Å²) < 4.78 is 67.1. The number of carbonyl (C=O) groups excluding carboxylic acids is 2. The van der Waals surface area contributed by atoms with Crippen LogP contribution in [0.4, 0.5) is 18.9 Å². The molecule has 0 unspecified atom stereocenters.